The van der Waals surface area contributed by atoms with E-state index in [0.717, 1.165) is 12.0 Å². The first-order valence-electron chi connectivity index (χ1n) is 12.5. The Bertz CT molecular complexity index is 1450. The van der Waals surface area contributed by atoms with Crippen LogP contribution in [0.2, 0.25) is 0 Å². The molecule has 0 radical (unpaired) electrons. The van der Waals surface area contributed by atoms with E-state index in [1.54, 1.807) is 42.5 Å². The zero-order chi connectivity index (χ0) is 28.0. The summed E-state index contributed by atoms with van der Waals surface area (Å²) in [5, 5.41) is 3.74. The van der Waals surface area contributed by atoms with E-state index in [4.69, 9.17) is 19.0 Å². The van der Waals surface area contributed by atoms with E-state index in [-0.39, 0.29) is 17.6 Å². The Labute approximate surface area is 228 Å². The molecule has 10 nitrogen and oxygen atoms in total. The van der Waals surface area contributed by atoms with E-state index < -0.39 is 22.0 Å². The molecule has 1 aliphatic rings. The third-order valence-corrected chi connectivity index (χ3v) is 7.37. The predicted molar refractivity (Wildman–Crippen MR) is 145 cm³/mol. The highest BCUT2D eigenvalue weighted by Crippen LogP contribution is 2.36. The second kappa shape index (κ2) is 12.2. The number of pyridine rings is 1. The van der Waals surface area contributed by atoms with Gasteiger partial charge in [-0.25, -0.2) is 18.1 Å². The molecule has 4 rings (SSSR count). The molecule has 3 aromatic rings. The largest absolute Gasteiger partial charge is 0.474 e. The summed E-state index contributed by atoms with van der Waals surface area (Å²) in [4.78, 5) is 22.8. The van der Waals surface area contributed by atoms with Gasteiger partial charge < -0.3 is 19.0 Å². The van der Waals surface area contributed by atoms with Crippen LogP contribution in [0, 0.1) is 0 Å². The van der Waals surface area contributed by atoms with E-state index >= 15 is 0 Å². The molecule has 1 atom stereocenters. The summed E-state index contributed by atoms with van der Waals surface area (Å²) in [7, 11) is -2.75. The average molecular weight is 554 g/mol. The Hall–Kier alpha value is -4.12. The SMILES string of the molecule is CCCc1nc(C=NOC)ccc1OC(C(=O)NS(=O)(=O)c1ccc(C(C)C)cc1)c1ccc2c(c1)OCO2. The normalized spacial score (nSPS) is 13.5. The van der Waals surface area contributed by atoms with Gasteiger partial charge in [-0.1, -0.05) is 50.5 Å². The van der Waals surface area contributed by atoms with Gasteiger partial charge in [0.2, 0.25) is 12.9 Å². The lowest BCUT2D eigenvalue weighted by molar-refractivity contribution is -0.126. The highest BCUT2D eigenvalue weighted by molar-refractivity contribution is 7.90. The van der Waals surface area contributed by atoms with Crippen LogP contribution < -0.4 is 18.9 Å². The number of carbonyl (C=O) groups excluding carboxylic acids is 1. The molecule has 0 fully saturated rings. The maximum absolute atomic E-state index is 13.5. The number of benzene rings is 2. The van der Waals surface area contributed by atoms with Crippen molar-refractivity contribution in [2.45, 2.75) is 50.5 Å². The molecular formula is C28H31N3O7S. The molecule has 1 unspecified atom stereocenters. The van der Waals surface area contributed by atoms with Gasteiger partial charge in [-0.15, -0.1) is 0 Å². The highest BCUT2D eigenvalue weighted by atomic mass is 32.2. The zero-order valence-corrected chi connectivity index (χ0v) is 23.0. The Balaban J connectivity index is 1.68. The topological polar surface area (TPSA) is 125 Å². The summed E-state index contributed by atoms with van der Waals surface area (Å²) in [5.41, 5.74) is 2.50. The van der Waals surface area contributed by atoms with E-state index in [1.165, 1.54) is 25.5 Å². The van der Waals surface area contributed by atoms with Gasteiger partial charge in [0, 0.05) is 5.56 Å². The molecule has 0 saturated heterocycles. The fourth-order valence-electron chi connectivity index (χ4n) is 3.96. The lowest BCUT2D eigenvalue weighted by atomic mass is 10.0. The quantitative estimate of drug-likeness (QED) is 0.272. The number of oxime groups is 1. The van der Waals surface area contributed by atoms with Crippen LogP contribution in [0.3, 0.4) is 0 Å². The predicted octanol–water partition coefficient (Wildman–Crippen LogP) is 4.49. The molecule has 2 heterocycles. The van der Waals surface area contributed by atoms with Crippen LogP contribution in [0.5, 0.6) is 17.2 Å². The molecule has 0 aliphatic carbocycles. The second-order valence-corrected chi connectivity index (χ2v) is 10.8. The second-order valence-electron chi connectivity index (χ2n) is 9.15. The molecule has 39 heavy (non-hydrogen) atoms. The van der Waals surface area contributed by atoms with Gasteiger partial charge in [-0.2, -0.15) is 0 Å². The third-order valence-electron chi connectivity index (χ3n) is 6.01. The van der Waals surface area contributed by atoms with Gasteiger partial charge in [0.15, 0.2) is 11.5 Å². The van der Waals surface area contributed by atoms with E-state index in [9.17, 15) is 13.2 Å². The first kappa shape index (κ1) is 27.9. The zero-order valence-electron chi connectivity index (χ0n) is 22.2. The Morgan fingerprint density at radius 3 is 2.49 bits per heavy atom. The van der Waals surface area contributed by atoms with Crippen molar-refractivity contribution in [3.8, 4) is 17.2 Å². The number of aryl methyl sites for hydroxylation is 1. The van der Waals surface area contributed by atoms with Crippen LogP contribution in [-0.4, -0.2) is 39.4 Å². The minimum atomic E-state index is -4.18. The van der Waals surface area contributed by atoms with Crippen LogP contribution >= 0.6 is 0 Å². The summed E-state index contributed by atoms with van der Waals surface area (Å²) >= 11 is 0. The standard InChI is InChI=1S/C28H31N3O7S/c1-5-6-23-24(14-10-21(30-23)16-29-35-4)38-27(20-9-13-25-26(15-20)37-17-36-25)28(32)31-39(33,34)22-11-7-19(8-12-22)18(2)3/h7-16,18,27H,5-6,17H2,1-4H3,(H,31,32). The van der Waals surface area contributed by atoms with Gasteiger partial charge >= 0.3 is 0 Å². The average Bonchev–Trinajstić information content (AvgIpc) is 3.39. The molecule has 11 heteroatoms. The van der Waals surface area contributed by atoms with Crippen molar-refractivity contribution >= 4 is 22.1 Å². The number of rotatable bonds is 11. The number of fused-ring (bicyclic) bond motifs is 1. The summed E-state index contributed by atoms with van der Waals surface area (Å²) < 4.78 is 45.5. The van der Waals surface area contributed by atoms with Gasteiger partial charge in [-0.05, 0) is 54.3 Å². The minimum absolute atomic E-state index is 0.0280. The number of hydrogen-bond donors (Lipinski definition) is 1. The molecule has 1 amide bonds. The van der Waals surface area contributed by atoms with Crippen molar-refractivity contribution in [3.05, 3.63) is 77.1 Å². The number of aromatic nitrogens is 1. The van der Waals surface area contributed by atoms with Crippen molar-refractivity contribution in [3.63, 3.8) is 0 Å². The monoisotopic (exact) mass is 553 g/mol. The van der Waals surface area contributed by atoms with Gasteiger partial charge in [0.05, 0.1) is 22.5 Å². The van der Waals surface area contributed by atoms with Crippen molar-refractivity contribution in [2.24, 2.45) is 5.16 Å². The van der Waals surface area contributed by atoms with Crippen molar-refractivity contribution in [2.75, 3.05) is 13.9 Å². The number of nitrogens with zero attached hydrogens (tertiary/aromatic N) is 2. The molecule has 2 aromatic carbocycles. The minimum Gasteiger partial charge on any atom is -0.474 e. The maximum Gasteiger partial charge on any atom is 0.279 e. The van der Waals surface area contributed by atoms with Crippen LogP contribution in [-0.2, 0) is 26.1 Å². The van der Waals surface area contributed by atoms with E-state index in [0.29, 0.717) is 40.6 Å². The number of ether oxygens (including phenoxy) is 3. The maximum atomic E-state index is 13.5. The molecule has 1 N–H and O–H groups in total. The van der Waals surface area contributed by atoms with Gasteiger partial charge in [0.25, 0.3) is 15.9 Å². The smallest absolute Gasteiger partial charge is 0.279 e. The van der Waals surface area contributed by atoms with Gasteiger partial charge in [-0.3, -0.25) is 4.79 Å². The van der Waals surface area contributed by atoms with Crippen molar-refractivity contribution < 1.29 is 32.3 Å². The van der Waals surface area contributed by atoms with Crippen LogP contribution in [0.15, 0.2) is 64.6 Å². The van der Waals surface area contributed by atoms with Crippen LogP contribution in [0.25, 0.3) is 0 Å². The fourth-order valence-corrected chi connectivity index (χ4v) is 4.94. The molecular weight excluding hydrogens is 522 g/mol. The molecule has 0 bridgehead atoms. The van der Waals surface area contributed by atoms with Crippen molar-refractivity contribution in [1.82, 2.24) is 9.71 Å². The number of sulfonamides is 1. The third kappa shape index (κ3) is 6.66. The number of nitrogens with one attached hydrogen (secondary N) is 1. The van der Waals surface area contributed by atoms with E-state index in [1.807, 2.05) is 20.8 Å². The molecule has 0 saturated carbocycles. The highest BCUT2D eigenvalue weighted by Gasteiger charge is 2.30. The molecule has 206 valence electrons. The Morgan fingerprint density at radius 2 is 1.79 bits per heavy atom. The van der Waals surface area contributed by atoms with E-state index in [2.05, 4.69) is 14.9 Å². The van der Waals surface area contributed by atoms with Gasteiger partial charge in [0.1, 0.15) is 12.9 Å². The fraction of sp³-hybridized carbons (Fsp3) is 0.321. The summed E-state index contributed by atoms with van der Waals surface area (Å²) in [6.45, 7) is 6.06. The first-order chi connectivity index (χ1) is 18.7. The lowest BCUT2D eigenvalue weighted by Crippen LogP contribution is -2.37. The summed E-state index contributed by atoms with van der Waals surface area (Å²) in [6.07, 6.45) is 1.44. The Morgan fingerprint density at radius 1 is 1.08 bits per heavy atom. The number of hydrogen-bond acceptors (Lipinski definition) is 9. The van der Waals surface area contributed by atoms with Crippen LogP contribution in [0.4, 0.5) is 0 Å². The molecule has 1 aliphatic heterocycles. The first-order valence-corrected chi connectivity index (χ1v) is 14.0. The van der Waals surface area contributed by atoms with Crippen molar-refractivity contribution in [1.29, 1.82) is 0 Å². The number of amides is 1. The summed E-state index contributed by atoms with van der Waals surface area (Å²) in [6, 6.07) is 14.6. The number of carbonyl (C=O) groups is 1. The molecule has 0 spiro atoms. The van der Waals surface area contributed by atoms with Crippen LogP contribution in [0.1, 0.15) is 61.7 Å². The lowest BCUT2D eigenvalue weighted by Gasteiger charge is -2.21. The Kier molecular flexibility index (Phi) is 8.70. The molecule has 1 aromatic heterocycles. The summed E-state index contributed by atoms with van der Waals surface area (Å²) in [5.74, 6) is 0.653.